The van der Waals surface area contributed by atoms with Crippen LogP contribution >= 0.6 is 0 Å². The molecule has 1 N–H and O–H groups in total. The lowest BCUT2D eigenvalue weighted by Crippen LogP contribution is -2.11. The van der Waals surface area contributed by atoms with E-state index in [1.165, 1.54) is 6.07 Å². The number of H-pyrrole nitrogens is 1. The van der Waals surface area contributed by atoms with Crippen LogP contribution in [0.15, 0.2) is 10.9 Å². The lowest BCUT2D eigenvalue weighted by molar-refractivity contribution is 0.374. The molecule has 6 nitrogen and oxygen atoms in total. The van der Waals surface area contributed by atoms with Gasteiger partial charge in [-0.2, -0.15) is 5.10 Å². The van der Waals surface area contributed by atoms with Crippen LogP contribution in [0.5, 0.6) is 5.88 Å². The molecule has 0 saturated carbocycles. The summed E-state index contributed by atoms with van der Waals surface area (Å²) < 4.78 is 6.97. The third-order valence-corrected chi connectivity index (χ3v) is 2.90. The fourth-order valence-electron chi connectivity index (χ4n) is 2.15. The molecule has 102 valence electrons. The Bertz CT molecular complexity index is 643. The number of nitrogens with one attached hydrogen (secondary N) is 1. The quantitative estimate of drug-likeness (QED) is 0.905. The molecule has 0 aliphatic heterocycles. The molecule has 0 radical (unpaired) electrons. The Morgan fingerprint density at radius 3 is 2.84 bits per heavy atom. The van der Waals surface area contributed by atoms with Crippen molar-refractivity contribution in [2.45, 2.75) is 26.7 Å². The molecule has 6 heteroatoms. The van der Waals surface area contributed by atoms with Crippen LogP contribution in [0.25, 0.3) is 11.4 Å². The molecule has 0 unspecified atom stereocenters. The summed E-state index contributed by atoms with van der Waals surface area (Å²) in [5.74, 6) is 1.10. The van der Waals surface area contributed by atoms with Crippen molar-refractivity contribution in [1.29, 1.82) is 0 Å². The van der Waals surface area contributed by atoms with Gasteiger partial charge in [0.25, 0.3) is 5.56 Å². The van der Waals surface area contributed by atoms with E-state index in [-0.39, 0.29) is 5.56 Å². The highest BCUT2D eigenvalue weighted by Crippen LogP contribution is 2.29. The minimum Gasteiger partial charge on any atom is -0.481 e. The first-order chi connectivity index (χ1) is 9.06. The third kappa shape index (κ3) is 2.52. The maximum atomic E-state index is 11.7. The van der Waals surface area contributed by atoms with Gasteiger partial charge in [0.1, 0.15) is 11.4 Å². The van der Waals surface area contributed by atoms with E-state index in [1.807, 2.05) is 6.92 Å². The van der Waals surface area contributed by atoms with E-state index in [2.05, 4.69) is 22.0 Å². The second-order valence-corrected chi connectivity index (χ2v) is 4.43. The van der Waals surface area contributed by atoms with Crippen LogP contribution in [0, 0.1) is 6.92 Å². The number of hydrogen-bond acceptors (Lipinski definition) is 4. The first kappa shape index (κ1) is 13.3. The maximum absolute atomic E-state index is 11.7. The third-order valence-electron chi connectivity index (χ3n) is 2.90. The zero-order valence-electron chi connectivity index (χ0n) is 11.6. The highest BCUT2D eigenvalue weighted by Gasteiger charge is 2.18. The SMILES string of the molecule is CCCc1cc(=O)[nH]c(-c2c(C)nn(C)c2OC)n1. The molecule has 0 atom stereocenters. The maximum Gasteiger partial charge on any atom is 0.251 e. The van der Waals surface area contributed by atoms with Gasteiger partial charge in [0.2, 0.25) is 5.88 Å². The zero-order chi connectivity index (χ0) is 14.0. The molecule has 0 fully saturated rings. The summed E-state index contributed by atoms with van der Waals surface area (Å²) in [7, 11) is 3.37. The molecule has 0 bridgehead atoms. The minimum atomic E-state index is -0.154. The number of rotatable bonds is 4. The first-order valence-corrected chi connectivity index (χ1v) is 6.25. The fourth-order valence-corrected chi connectivity index (χ4v) is 2.15. The van der Waals surface area contributed by atoms with Crippen molar-refractivity contribution in [3.63, 3.8) is 0 Å². The highest BCUT2D eigenvalue weighted by molar-refractivity contribution is 5.64. The Morgan fingerprint density at radius 2 is 2.21 bits per heavy atom. The molecule has 2 aromatic heterocycles. The summed E-state index contributed by atoms with van der Waals surface area (Å²) in [6.07, 6.45) is 1.72. The van der Waals surface area contributed by atoms with E-state index in [4.69, 9.17) is 4.74 Å². The molecule has 0 spiro atoms. The van der Waals surface area contributed by atoms with Gasteiger partial charge in [-0.25, -0.2) is 9.67 Å². The summed E-state index contributed by atoms with van der Waals surface area (Å²) in [4.78, 5) is 19.0. The second-order valence-electron chi connectivity index (χ2n) is 4.43. The lowest BCUT2D eigenvalue weighted by atomic mass is 10.2. The predicted molar refractivity (Wildman–Crippen MR) is 72.3 cm³/mol. The molecular weight excluding hydrogens is 244 g/mol. The van der Waals surface area contributed by atoms with E-state index in [9.17, 15) is 4.79 Å². The largest absolute Gasteiger partial charge is 0.481 e. The lowest BCUT2D eigenvalue weighted by Gasteiger charge is -2.06. The average Bonchev–Trinajstić information content (AvgIpc) is 2.63. The molecule has 0 saturated heterocycles. The smallest absolute Gasteiger partial charge is 0.251 e. The van der Waals surface area contributed by atoms with Crippen LogP contribution in [-0.4, -0.2) is 26.9 Å². The van der Waals surface area contributed by atoms with Gasteiger partial charge in [-0.1, -0.05) is 13.3 Å². The van der Waals surface area contributed by atoms with Crippen molar-refractivity contribution < 1.29 is 4.74 Å². The molecule has 0 aromatic carbocycles. The number of aryl methyl sites for hydroxylation is 3. The Hall–Kier alpha value is -2.11. The summed E-state index contributed by atoms with van der Waals surface area (Å²) in [6, 6.07) is 1.53. The molecule has 0 amide bonds. The molecule has 2 heterocycles. The Kier molecular flexibility index (Phi) is 3.69. The van der Waals surface area contributed by atoms with E-state index in [0.717, 1.165) is 29.8 Å². The summed E-state index contributed by atoms with van der Waals surface area (Å²) in [5, 5.41) is 4.29. The van der Waals surface area contributed by atoms with Crippen molar-refractivity contribution in [1.82, 2.24) is 19.7 Å². The highest BCUT2D eigenvalue weighted by atomic mass is 16.5. The number of methoxy groups -OCH3 is 1. The van der Waals surface area contributed by atoms with Crippen molar-refractivity contribution in [3.8, 4) is 17.3 Å². The number of aromatic amines is 1. The standard InChI is InChI=1S/C13H18N4O2/c1-5-6-9-7-10(18)15-12(14-9)11-8(2)16-17(3)13(11)19-4/h7H,5-6H2,1-4H3,(H,14,15,18). The number of hydrogen-bond donors (Lipinski definition) is 1. The van der Waals surface area contributed by atoms with Crippen LogP contribution in [0.2, 0.25) is 0 Å². The zero-order valence-corrected chi connectivity index (χ0v) is 11.6. The Labute approximate surface area is 111 Å². The molecule has 0 aliphatic rings. The Morgan fingerprint density at radius 1 is 1.47 bits per heavy atom. The van der Waals surface area contributed by atoms with Crippen LogP contribution in [0.1, 0.15) is 24.7 Å². The van der Waals surface area contributed by atoms with Gasteiger partial charge in [0.15, 0.2) is 0 Å². The van der Waals surface area contributed by atoms with Gasteiger partial charge >= 0.3 is 0 Å². The number of nitrogens with zero attached hydrogens (tertiary/aromatic N) is 3. The average molecular weight is 262 g/mol. The molecule has 2 rings (SSSR count). The summed E-state index contributed by atoms with van der Waals surface area (Å²) in [6.45, 7) is 3.92. The van der Waals surface area contributed by atoms with Crippen LogP contribution in [0.4, 0.5) is 0 Å². The van der Waals surface area contributed by atoms with Gasteiger partial charge in [0, 0.05) is 18.8 Å². The van der Waals surface area contributed by atoms with E-state index in [0.29, 0.717) is 11.7 Å². The minimum absolute atomic E-state index is 0.154. The molecule has 2 aromatic rings. The molecular formula is C13H18N4O2. The van der Waals surface area contributed by atoms with E-state index < -0.39 is 0 Å². The van der Waals surface area contributed by atoms with E-state index in [1.54, 1.807) is 18.8 Å². The molecule has 19 heavy (non-hydrogen) atoms. The van der Waals surface area contributed by atoms with Gasteiger partial charge in [0.05, 0.1) is 12.8 Å². The van der Waals surface area contributed by atoms with Crippen LogP contribution in [-0.2, 0) is 13.5 Å². The second kappa shape index (κ2) is 5.26. The van der Waals surface area contributed by atoms with Crippen LogP contribution < -0.4 is 10.3 Å². The first-order valence-electron chi connectivity index (χ1n) is 6.25. The predicted octanol–water partition coefficient (Wildman–Crippen LogP) is 1.44. The fraction of sp³-hybridized carbons (Fsp3) is 0.462. The van der Waals surface area contributed by atoms with Gasteiger partial charge < -0.3 is 9.72 Å². The van der Waals surface area contributed by atoms with Crippen LogP contribution in [0.3, 0.4) is 0 Å². The van der Waals surface area contributed by atoms with E-state index >= 15 is 0 Å². The number of ether oxygens (including phenoxy) is 1. The Balaban J connectivity index is 2.61. The monoisotopic (exact) mass is 262 g/mol. The topological polar surface area (TPSA) is 72.8 Å². The van der Waals surface area contributed by atoms with Gasteiger partial charge in [-0.15, -0.1) is 0 Å². The van der Waals surface area contributed by atoms with Gasteiger partial charge in [-0.3, -0.25) is 4.79 Å². The van der Waals surface area contributed by atoms with Crippen molar-refractivity contribution in [3.05, 3.63) is 27.8 Å². The summed E-state index contributed by atoms with van der Waals surface area (Å²) in [5.41, 5.74) is 2.14. The number of aromatic nitrogens is 4. The van der Waals surface area contributed by atoms with Crippen molar-refractivity contribution in [2.75, 3.05) is 7.11 Å². The van der Waals surface area contributed by atoms with Crippen molar-refractivity contribution >= 4 is 0 Å². The molecule has 0 aliphatic carbocycles. The van der Waals surface area contributed by atoms with Gasteiger partial charge in [-0.05, 0) is 13.3 Å². The van der Waals surface area contributed by atoms with Crippen molar-refractivity contribution in [2.24, 2.45) is 7.05 Å². The normalized spacial score (nSPS) is 10.7. The summed E-state index contributed by atoms with van der Waals surface area (Å²) >= 11 is 0.